The standard InChI is InChI=1S/C18H28N2/c19-12-18(15-6-2-1-3-7-15)14-20-11-10-16-8-4-5-9-17(16)13-20/h1-3,6-7,16-18H,4-5,8-14,19H2. The van der Waals surface area contributed by atoms with Gasteiger partial charge in [-0.2, -0.15) is 0 Å². The van der Waals surface area contributed by atoms with E-state index in [0.717, 1.165) is 24.9 Å². The van der Waals surface area contributed by atoms with E-state index in [1.807, 2.05) is 0 Å². The van der Waals surface area contributed by atoms with E-state index >= 15 is 0 Å². The Morgan fingerprint density at radius 1 is 1.05 bits per heavy atom. The van der Waals surface area contributed by atoms with Gasteiger partial charge < -0.3 is 10.6 Å². The van der Waals surface area contributed by atoms with Gasteiger partial charge in [0.1, 0.15) is 0 Å². The molecule has 110 valence electrons. The highest BCUT2D eigenvalue weighted by atomic mass is 15.1. The lowest BCUT2D eigenvalue weighted by Crippen LogP contribution is -2.44. The van der Waals surface area contributed by atoms with Crippen molar-refractivity contribution in [1.29, 1.82) is 0 Å². The Balaban J connectivity index is 1.59. The summed E-state index contributed by atoms with van der Waals surface area (Å²) in [6.07, 6.45) is 7.28. The van der Waals surface area contributed by atoms with Crippen LogP contribution in [0.3, 0.4) is 0 Å². The largest absolute Gasteiger partial charge is 0.330 e. The molecule has 1 aromatic carbocycles. The molecule has 2 nitrogen and oxygen atoms in total. The zero-order chi connectivity index (χ0) is 13.8. The van der Waals surface area contributed by atoms with Crippen molar-refractivity contribution < 1.29 is 0 Å². The molecular weight excluding hydrogens is 244 g/mol. The number of fused-ring (bicyclic) bond motifs is 1. The van der Waals surface area contributed by atoms with Gasteiger partial charge in [-0.15, -0.1) is 0 Å². The van der Waals surface area contributed by atoms with Gasteiger partial charge in [-0.1, -0.05) is 49.6 Å². The number of nitrogens with zero attached hydrogens (tertiary/aromatic N) is 1. The molecule has 2 fully saturated rings. The first-order valence-electron chi connectivity index (χ1n) is 8.34. The van der Waals surface area contributed by atoms with Crippen LogP contribution in [0.15, 0.2) is 30.3 Å². The first-order chi connectivity index (χ1) is 9.86. The highest BCUT2D eigenvalue weighted by Gasteiger charge is 2.31. The van der Waals surface area contributed by atoms with Gasteiger partial charge in [0.15, 0.2) is 0 Å². The van der Waals surface area contributed by atoms with Gasteiger partial charge in [-0.25, -0.2) is 0 Å². The maximum Gasteiger partial charge on any atom is 0.00888 e. The first-order valence-corrected chi connectivity index (χ1v) is 8.34. The van der Waals surface area contributed by atoms with Gasteiger partial charge in [0.2, 0.25) is 0 Å². The topological polar surface area (TPSA) is 29.3 Å². The smallest absolute Gasteiger partial charge is 0.00888 e. The van der Waals surface area contributed by atoms with Crippen LogP contribution in [-0.2, 0) is 0 Å². The molecule has 3 rings (SSSR count). The Labute approximate surface area is 123 Å². The minimum Gasteiger partial charge on any atom is -0.330 e. The quantitative estimate of drug-likeness (QED) is 0.911. The summed E-state index contributed by atoms with van der Waals surface area (Å²) in [4.78, 5) is 2.68. The number of hydrogen-bond acceptors (Lipinski definition) is 2. The summed E-state index contributed by atoms with van der Waals surface area (Å²) in [7, 11) is 0. The van der Waals surface area contributed by atoms with E-state index in [2.05, 4.69) is 35.2 Å². The fraction of sp³-hybridized carbons (Fsp3) is 0.667. The van der Waals surface area contributed by atoms with Crippen LogP contribution in [0.4, 0.5) is 0 Å². The Hall–Kier alpha value is -0.860. The SMILES string of the molecule is NCC(CN1CCC2CCCCC2C1)c1ccccc1. The van der Waals surface area contributed by atoms with Crippen molar-refractivity contribution in [2.75, 3.05) is 26.2 Å². The second-order valence-electron chi connectivity index (χ2n) is 6.70. The zero-order valence-corrected chi connectivity index (χ0v) is 12.5. The number of benzene rings is 1. The maximum atomic E-state index is 6.03. The van der Waals surface area contributed by atoms with Crippen LogP contribution in [-0.4, -0.2) is 31.1 Å². The van der Waals surface area contributed by atoms with Crippen LogP contribution in [0.25, 0.3) is 0 Å². The van der Waals surface area contributed by atoms with Crippen LogP contribution < -0.4 is 5.73 Å². The van der Waals surface area contributed by atoms with E-state index in [0.29, 0.717) is 5.92 Å². The molecule has 0 bridgehead atoms. The van der Waals surface area contributed by atoms with Crippen LogP contribution in [0, 0.1) is 11.8 Å². The number of nitrogens with two attached hydrogens (primary N) is 1. The molecule has 0 aromatic heterocycles. The zero-order valence-electron chi connectivity index (χ0n) is 12.5. The van der Waals surface area contributed by atoms with Gasteiger partial charge in [0.25, 0.3) is 0 Å². The van der Waals surface area contributed by atoms with Crippen molar-refractivity contribution >= 4 is 0 Å². The summed E-state index contributed by atoms with van der Waals surface area (Å²) in [5, 5.41) is 0. The summed E-state index contributed by atoms with van der Waals surface area (Å²) < 4.78 is 0. The Morgan fingerprint density at radius 2 is 1.80 bits per heavy atom. The molecule has 1 saturated heterocycles. The van der Waals surface area contributed by atoms with Crippen LogP contribution in [0.1, 0.15) is 43.6 Å². The average Bonchev–Trinajstić information content (AvgIpc) is 2.53. The fourth-order valence-corrected chi connectivity index (χ4v) is 4.19. The maximum absolute atomic E-state index is 6.03. The summed E-state index contributed by atoms with van der Waals surface area (Å²) >= 11 is 0. The summed E-state index contributed by atoms with van der Waals surface area (Å²) in [5.74, 6) is 2.48. The molecule has 1 aliphatic heterocycles. The van der Waals surface area contributed by atoms with Crippen LogP contribution in [0.5, 0.6) is 0 Å². The molecule has 2 N–H and O–H groups in total. The third-order valence-corrected chi connectivity index (χ3v) is 5.41. The lowest BCUT2D eigenvalue weighted by Gasteiger charge is -2.42. The molecule has 1 saturated carbocycles. The second kappa shape index (κ2) is 6.73. The lowest BCUT2D eigenvalue weighted by atomic mass is 9.75. The van der Waals surface area contributed by atoms with Crippen molar-refractivity contribution in [3.63, 3.8) is 0 Å². The number of likely N-dealkylation sites (tertiary alicyclic amines) is 1. The van der Waals surface area contributed by atoms with Crippen LogP contribution in [0.2, 0.25) is 0 Å². The lowest BCUT2D eigenvalue weighted by molar-refractivity contribution is 0.0829. The molecule has 1 aliphatic carbocycles. The number of rotatable bonds is 4. The predicted molar refractivity (Wildman–Crippen MR) is 84.7 cm³/mol. The van der Waals surface area contributed by atoms with E-state index in [-0.39, 0.29) is 0 Å². The van der Waals surface area contributed by atoms with Crippen molar-refractivity contribution in [3.8, 4) is 0 Å². The molecule has 20 heavy (non-hydrogen) atoms. The minimum atomic E-state index is 0.497. The van der Waals surface area contributed by atoms with E-state index in [9.17, 15) is 0 Å². The van der Waals surface area contributed by atoms with E-state index in [1.54, 1.807) is 0 Å². The van der Waals surface area contributed by atoms with E-state index in [1.165, 1.54) is 50.8 Å². The molecular formula is C18H28N2. The highest BCUT2D eigenvalue weighted by Crippen LogP contribution is 2.36. The van der Waals surface area contributed by atoms with Gasteiger partial charge in [-0.05, 0) is 36.8 Å². The molecule has 1 heterocycles. The molecule has 2 aliphatic rings. The fourth-order valence-electron chi connectivity index (χ4n) is 4.19. The minimum absolute atomic E-state index is 0.497. The molecule has 2 heteroatoms. The molecule has 3 unspecified atom stereocenters. The van der Waals surface area contributed by atoms with Gasteiger partial charge in [-0.3, -0.25) is 0 Å². The average molecular weight is 272 g/mol. The third kappa shape index (κ3) is 3.24. The van der Waals surface area contributed by atoms with Crippen LogP contribution >= 0.6 is 0 Å². The monoisotopic (exact) mass is 272 g/mol. The third-order valence-electron chi connectivity index (χ3n) is 5.41. The molecule has 0 amide bonds. The summed E-state index contributed by atoms with van der Waals surface area (Å²) in [6.45, 7) is 4.50. The predicted octanol–water partition coefficient (Wildman–Crippen LogP) is 3.24. The highest BCUT2D eigenvalue weighted by molar-refractivity contribution is 5.20. The Kier molecular flexibility index (Phi) is 4.74. The second-order valence-corrected chi connectivity index (χ2v) is 6.70. The summed E-state index contributed by atoms with van der Waals surface area (Å²) in [6, 6.07) is 10.8. The van der Waals surface area contributed by atoms with Crippen molar-refractivity contribution in [2.24, 2.45) is 17.6 Å². The van der Waals surface area contributed by atoms with Gasteiger partial charge in [0, 0.05) is 25.6 Å². The Bertz CT molecular complexity index is 403. The van der Waals surface area contributed by atoms with E-state index < -0.39 is 0 Å². The molecule has 0 spiro atoms. The molecule has 0 radical (unpaired) electrons. The number of hydrogen-bond donors (Lipinski definition) is 1. The molecule has 1 aromatic rings. The summed E-state index contributed by atoms with van der Waals surface area (Å²) in [5.41, 5.74) is 7.43. The number of piperidine rings is 1. The van der Waals surface area contributed by atoms with E-state index in [4.69, 9.17) is 5.73 Å². The Morgan fingerprint density at radius 3 is 2.55 bits per heavy atom. The first kappa shape index (κ1) is 14.1. The van der Waals surface area contributed by atoms with Crippen molar-refractivity contribution in [2.45, 2.75) is 38.0 Å². The van der Waals surface area contributed by atoms with Gasteiger partial charge >= 0.3 is 0 Å². The van der Waals surface area contributed by atoms with Crippen molar-refractivity contribution in [1.82, 2.24) is 4.90 Å². The normalized spacial score (nSPS) is 28.9. The van der Waals surface area contributed by atoms with Crippen molar-refractivity contribution in [3.05, 3.63) is 35.9 Å². The van der Waals surface area contributed by atoms with Gasteiger partial charge in [0.05, 0.1) is 0 Å². The molecule has 3 atom stereocenters.